The molecule has 4 rings (SSSR count). The van der Waals surface area contributed by atoms with Crippen LogP contribution in [0.25, 0.3) is 0 Å². The van der Waals surface area contributed by atoms with Gasteiger partial charge in [-0.3, -0.25) is 9.80 Å². The second-order valence-electron chi connectivity index (χ2n) is 7.52. The lowest BCUT2D eigenvalue weighted by molar-refractivity contribution is -0.137. The molecular formula is C21H19ClF4N4O. The summed E-state index contributed by atoms with van der Waals surface area (Å²) in [5, 5.41) is 1.16. The van der Waals surface area contributed by atoms with E-state index in [0.29, 0.717) is 17.8 Å². The number of carbonyl (C=O) groups excluding carboxylic acids is 1. The van der Waals surface area contributed by atoms with E-state index in [-0.39, 0.29) is 17.4 Å². The Kier molecular flexibility index (Phi) is 5.35. The Morgan fingerprint density at radius 2 is 1.81 bits per heavy atom. The Bertz CT molecular complexity index is 1050. The highest BCUT2D eigenvalue weighted by atomic mass is 35.5. The summed E-state index contributed by atoms with van der Waals surface area (Å²) in [5.41, 5.74) is 7.08. The van der Waals surface area contributed by atoms with Crippen LogP contribution in [-0.4, -0.2) is 22.9 Å². The van der Waals surface area contributed by atoms with Crippen molar-refractivity contribution in [3.05, 3.63) is 75.8 Å². The highest BCUT2D eigenvalue weighted by Gasteiger charge is 2.41. The number of alkyl halides is 3. The number of benzene rings is 2. The van der Waals surface area contributed by atoms with Gasteiger partial charge in [0.2, 0.25) is 0 Å². The van der Waals surface area contributed by atoms with Crippen LogP contribution in [0.2, 0.25) is 5.02 Å². The van der Waals surface area contributed by atoms with Crippen LogP contribution >= 0.6 is 11.6 Å². The van der Waals surface area contributed by atoms with E-state index < -0.39 is 28.7 Å². The summed E-state index contributed by atoms with van der Waals surface area (Å²) in [6.45, 7) is 3.61. The Hall–Kier alpha value is -2.78. The minimum Gasteiger partial charge on any atom is -0.327 e. The molecule has 1 amide bonds. The Morgan fingerprint density at radius 3 is 2.45 bits per heavy atom. The van der Waals surface area contributed by atoms with Gasteiger partial charge < -0.3 is 10.3 Å². The van der Waals surface area contributed by atoms with Gasteiger partial charge in [0.05, 0.1) is 39.3 Å². The van der Waals surface area contributed by atoms with Crippen LogP contribution in [0.15, 0.2) is 53.9 Å². The van der Waals surface area contributed by atoms with E-state index in [1.165, 1.54) is 29.2 Å². The van der Waals surface area contributed by atoms with Crippen molar-refractivity contribution in [1.29, 1.82) is 0 Å². The lowest BCUT2D eigenvalue weighted by Gasteiger charge is -2.40. The lowest BCUT2D eigenvalue weighted by Crippen LogP contribution is -2.50. The van der Waals surface area contributed by atoms with E-state index in [1.54, 1.807) is 24.1 Å². The second-order valence-corrected chi connectivity index (χ2v) is 7.89. The normalized spacial score (nSPS) is 21.3. The van der Waals surface area contributed by atoms with E-state index in [9.17, 15) is 22.4 Å². The van der Waals surface area contributed by atoms with Crippen LogP contribution in [0.3, 0.4) is 0 Å². The summed E-state index contributed by atoms with van der Waals surface area (Å²) in [5.74, 6) is -0.935. The number of hydrazine groups is 2. The van der Waals surface area contributed by atoms with Crippen molar-refractivity contribution in [2.45, 2.75) is 38.5 Å². The molecule has 2 aliphatic rings. The molecular weight excluding hydrogens is 436 g/mol. The summed E-state index contributed by atoms with van der Waals surface area (Å²) >= 11 is 5.98. The van der Waals surface area contributed by atoms with Crippen LogP contribution < -0.4 is 16.0 Å². The van der Waals surface area contributed by atoms with Gasteiger partial charge in [0.25, 0.3) is 5.91 Å². The van der Waals surface area contributed by atoms with Crippen LogP contribution in [0.4, 0.5) is 23.2 Å². The minimum atomic E-state index is -4.66. The van der Waals surface area contributed by atoms with Crippen LogP contribution in [0.1, 0.15) is 36.2 Å². The van der Waals surface area contributed by atoms with Crippen molar-refractivity contribution >= 4 is 23.2 Å². The molecule has 2 aromatic rings. The van der Waals surface area contributed by atoms with E-state index in [1.807, 2.05) is 6.92 Å². The van der Waals surface area contributed by atoms with Crippen molar-refractivity contribution in [3.63, 3.8) is 0 Å². The zero-order valence-electron chi connectivity index (χ0n) is 16.6. The second kappa shape index (κ2) is 7.72. The molecule has 164 valence electrons. The summed E-state index contributed by atoms with van der Waals surface area (Å²) < 4.78 is 53.0. The summed E-state index contributed by atoms with van der Waals surface area (Å²) in [6, 6.07) is 8.47. The fraction of sp³-hybridized carbons (Fsp3) is 0.286. The predicted molar refractivity (Wildman–Crippen MR) is 108 cm³/mol. The van der Waals surface area contributed by atoms with Crippen molar-refractivity contribution in [2.75, 3.05) is 5.01 Å². The highest BCUT2D eigenvalue weighted by molar-refractivity contribution is 6.34. The number of rotatable bonds is 2. The molecule has 2 atom stereocenters. The minimum absolute atomic E-state index is 0.194. The van der Waals surface area contributed by atoms with E-state index in [4.69, 9.17) is 11.6 Å². The average molecular weight is 455 g/mol. The highest BCUT2D eigenvalue weighted by Crippen LogP contribution is 2.39. The number of nitrogens with zero attached hydrogens (tertiary/aromatic N) is 2. The predicted octanol–water partition coefficient (Wildman–Crippen LogP) is 4.86. The molecule has 5 nitrogen and oxygen atoms in total. The van der Waals surface area contributed by atoms with E-state index in [0.717, 1.165) is 11.8 Å². The molecule has 2 heterocycles. The molecule has 0 bridgehead atoms. The van der Waals surface area contributed by atoms with Crippen molar-refractivity contribution < 1.29 is 22.4 Å². The monoisotopic (exact) mass is 454 g/mol. The smallest absolute Gasteiger partial charge is 0.327 e. The number of nitrogens with one attached hydrogen (secondary N) is 2. The molecule has 0 fully saturated rings. The van der Waals surface area contributed by atoms with E-state index in [2.05, 4.69) is 11.0 Å². The third-order valence-corrected chi connectivity index (χ3v) is 5.94. The number of amides is 1. The molecule has 0 saturated carbocycles. The number of hydrogen-bond acceptors (Lipinski definition) is 4. The van der Waals surface area contributed by atoms with Gasteiger partial charge in [-0.05, 0) is 50.2 Å². The fourth-order valence-corrected chi connectivity index (χ4v) is 4.38. The third kappa shape index (κ3) is 3.72. The molecule has 10 heteroatoms. The largest absolute Gasteiger partial charge is 0.417 e. The van der Waals surface area contributed by atoms with Crippen LogP contribution in [0, 0.1) is 5.82 Å². The molecule has 2 unspecified atom stereocenters. The quantitative estimate of drug-likeness (QED) is 0.636. The maximum atomic E-state index is 13.3. The molecule has 31 heavy (non-hydrogen) atoms. The molecule has 0 aliphatic carbocycles. The summed E-state index contributed by atoms with van der Waals surface area (Å²) in [4.78, 5) is 14.8. The van der Waals surface area contributed by atoms with Gasteiger partial charge >= 0.3 is 6.18 Å². The van der Waals surface area contributed by atoms with Crippen molar-refractivity contribution in [1.82, 2.24) is 15.9 Å². The molecule has 2 aromatic carbocycles. The summed E-state index contributed by atoms with van der Waals surface area (Å²) in [7, 11) is 0. The first kappa shape index (κ1) is 21.5. The molecule has 0 aromatic heterocycles. The molecule has 2 N–H and O–H groups in total. The van der Waals surface area contributed by atoms with Crippen LogP contribution in [0.5, 0.6) is 0 Å². The van der Waals surface area contributed by atoms with Crippen molar-refractivity contribution in [2.24, 2.45) is 0 Å². The van der Waals surface area contributed by atoms with Gasteiger partial charge in [-0.15, -0.1) is 5.53 Å². The van der Waals surface area contributed by atoms with Gasteiger partial charge in [-0.1, -0.05) is 17.7 Å². The molecule has 0 spiro atoms. The SMILES string of the molecule is CC1CC2=C(NNN2c2ccc(F)cc2)C(C)N1C(=O)c1cccc(C(F)(F)F)c1Cl. The molecule has 0 radical (unpaired) electrons. The first-order chi connectivity index (χ1) is 14.6. The zero-order valence-corrected chi connectivity index (χ0v) is 17.4. The lowest BCUT2D eigenvalue weighted by atomic mass is 9.96. The van der Waals surface area contributed by atoms with E-state index >= 15 is 0 Å². The maximum Gasteiger partial charge on any atom is 0.417 e. The number of anilines is 1. The van der Waals surface area contributed by atoms with Gasteiger partial charge in [-0.25, -0.2) is 4.39 Å². The first-order valence-corrected chi connectivity index (χ1v) is 9.96. The summed E-state index contributed by atoms with van der Waals surface area (Å²) in [6.07, 6.45) is -4.23. The molecule has 0 saturated heterocycles. The van der Waals surface area contributed by atoms with Crippen LogP contribution in [-0.2, 0) is 6.18 Å². The number of hydrogen-bond donors (Lipinski definition) is 2. The maximum absolute atomic E-state index is 13.3. The Labute approximate surface area is 181 Å². The fourth-order valence-electron chi connectivity index (χ4n) is 4.06. The van der Waals surface area contributed by atoms with Gasteiger partial charge in [0.1, 0.15) is 5.82 Å². The van der Waals surface area contributed by atoms with Gasteiger partial charge in [0, 0.05) is 12.5 Å². The number of halogens is 5. The molecule has 2 aliphatic heterocycles. The Morgan fingerprint density at radius 1 is 1.13 bits per heavy atom. The number of carbonyl (C=O) groups is 1. The third-order valence-electron chi connectivity index (χ3n) is 5.54. The standard InChI is InChI=1S/C21H19ClF4N4O/c1-11-10-17-19(27-28-30(17)14-8-6-13(23)7-9-14)12(2)29(11)20(31)15-4-3-5-16(18(15)22)21(24,25)26/h3-9,11-12,27-28H,10H2,1-2H3. The van der Waals surface area contributed by atoms with Gasteiger partial charge in [-0.2, -0.15) is 13.2 Å². The Balaban J connectivity index is 1.66. The average Bonchev–Trinajstić information content (AvgIpc) is 3.11. The van der Waals surface area contributed by atoms with Gasteiger partial charge in [0.15, 0.2) is 0 Å². The topological polar surface area (TPSA) is 47.6 Å². The zero-order chi connectivity index (χ0) is 22.5. The van der Waals surface area contributed by atoms with Crippen molar-refractivity contribution in [3.8, 4) is 0 Å². The first-order valence-electron chi connectivity index (χ1n) is 9.58.